The summed E-state index contributed by atoms with van der Waals surface area (Å²) < 4.78 is 1.16. The van der Waals surface area contributed by atoms with Crippen molar-refractivity contribution < 1.29 is 4.79 Å². The third-order valence-electron chi connectivity index (χ3n) is 4.64. The zero-order valence-corrected chi connectivity index (χ0v) is 15.0. The predicted octanol–water partition coefficient (Wildman–Crippen LogP) is 3.88. The number of thiophene rings is 1. The van der Waals surface area contributed by atoms with E-state index in [4.69, 9.17) is 5.73 Å². The van der Waals surface area contributed by atoms with Crippen LogP contribution in [0.25, 0.3) is 20.1 Å². The lowest BCUT2D eigenvalue weighted by atomic mass is 9.96. The smallest absolute Gasteiger partial charge is 0.261 e. The van der Waals surface area contributed by atoms with Gasteiger partial charge < -0.3 is 11.1 Å². The fourth-order valence-corrected chi connectivity index (χ4v) is 4.84. The summed E-state index contributed by atoms with van der Waals surface area (Å²) in [5.41, 5.74) is 6.60. The van der Waals surface area contributed by atoms with Gasteiger partial charge in [-0.15, -0.1) is 22.7 Å². The maximum atomic E-state index is 12.6. The Labute approximate surface area is 148 Å². The average Bonchev–Trinajstić information content (AvgIpc) is 3.18. The Balaban J connectivity index is 1.56. The van der Waals surface area contributed by atoms with Gasteiger partial charge in [-0.25, -0.2) is 4.98 Å². The van der Waals surface area contributed by atoms with Crippen molar-refractivity contribution in [3.63, 3.8) is 0 Å². The van der Waals surface area contributed by atoms with Gasteiger partial charge in [0.15, 0.2) is 0 Å². The fourth-order valence-electron chi connectivity index (χ4n) is 2.91. The number of para-hydroxylation sites is 1. The molecular formula is C18H19N3OS2. The second-order valence-electron chi connectivity index (χ2n) is 6.50. The van der Waals surface area contributed by atoms with Gasteiger partial charge in [-0.1, -0.05) is 12.1 Å². The molecule has 0 aliphatic heterocycles. The Morgan fingerprint density at radius 2 is 2.08 bits per heavy atom. The van der Waals surface area contributed by atoms with E-state index in [0.29, 0.717) is 17.3 Å². The van der Waals surface area contributed by atoms with E-state index < -0.39 is 0 Å². The van der Waals surface area contributed by atoms with Gasteiger partial charge >= 0.3 is 0 Å². The molecule has 6 heteroatoms. The van der Waals surface area contributed by atoms with Gasteiger partial charge in [-0.2, -0.15) is 0 Å². The summed E-state index contributed by atoms with van der Waals surface area (Å²) in [4.78, 5) is 19.0. The number of fused-ring (bicyclic) bond motifs is 1. The first kappa shape index (κ1) is 15.7. The van der Waals surface area contributed by atoms with E-state index in [0.717, 1.165) is 32.9 Å². The lowest BCUT2D eigenvalue weighted by molar-refractivity contribution is 0.0902. The van der Waals surface area contributed by atoms with Crippen molar-refractivity contribution >= 4 is 38.8 Å². The summed E-state index contributed by atoms with van der Waals surface area (Å²) in [6, 6.07) is 12.0. The van der Waals surface area contributed by atoms with Gasteiger partial charge in [0, 0.05) is 6.54 Å². The SMILES string of the molecule is CC(CN)(NC(=O)c1ccc(-c2nc3ccccc3s2)s1)C1CC1. The maximum Gasteiger partial charge on any atom is 0.261 e. The number of nitrogens with zero attached hydrogens (tertiary/aromatic N) is 1. The Hall–Kier alpha value is -1.76. The van der Waals surface area contributed by atoms with Crippen LogP contribution < -0.4 is 11.1 Å². The number of rotatable bonds is 5. The molecule has 0 saturated heterocycles. The van der Waals surface area contributed by atoms with Crippen molar-refractivity contribution in [2.75, 3.05) is 6.54 Å². The van der Waals surface area contributed by atoms with Crippen molar-refractivity contribution in [3.05, 3.63) is 41.3 Å². The van der Waals surface area contributed by atoms with E-state index in [1.165, 1.54) is 11.3 Å². The van der Waals surface area contributed by atoms with E-state index in [2.05, 4.69) is 16.4 Å². The molecule has 0 radical (unpaired) electrons. The van der Waals surface area contributed by atoms with Gasteiger partial charge in [0.05, 0.1) is 25.5 Å². The molecule has 0 spiro atoms. The van der Waals surface area contributed by atoms with E-state index in [9.17, 15) is 4.79 Å². The average molecular weight is 358 g/mol. The minimum absolute atomic E-state index is 0.0350. The number of hydrogen-bond donors (Lipinski definition) is 2. The highest BCUT2D eigenvalue weighted by Gasteiger charge is 2.41. The number of carbonyl (C=O) groups excluding carboxylic acids is 1. The summed E-state index contributed by atoms with van der Waals surface area (Å²) in [6.45, 7) is 2.52. The number of nitrogens with one attached hydrogen (secondary N) is 1. The molecule has 0 bridgehead atoms. The number of hydrogen-bond acceptors (Lipinski definition) is 5. The fraction of sp³-hybridized carbons (Fsp3) is 0.333. The first-order chi connectivity index (χ1) is 11.6. The first-order valence-corrected chi connectivity index (χ1v) is 9.71. The summed E-state index contributed by atoms with van der Waals surface area (Å²) in [5, 5.41) is 4.10. The number of amides is 1. The highest BCUT2D eigenvalue weighted by atomic mass is 32.1. The minimum atomic E-state index is -0.295. The Kier molecular flexibility index (Phi) is 3.90. The molecule has 124 valence electrons. The standard InChI is InChI=1S/C18H19N3OS2/c1-18(10-19,11-6-7-11)21-16(22)14-8-9-15(23-14)17-20-12-4-2-3-5-13(12)24-17/h2-5,8-9,11H,6-7,10,19H2,1H3,(H,21,22). The van der Waals surface area contributed by atoms with Crippen LogP contribution in [0.2, 0.25) is 0 Å². The summed E-state index contributed by atoms with van der Waals surface area (Å²) in [6.07, 6.45) is 2.30. The molecule has 1 unspecified atom stereocenters. The molecule has 1 atom stereocenters. The van der Waals surface area contributed by atoms with Crippen LogP contribution in [0.5, 0.6) is 0 Å². The molecule has 24 heavy (non-hydrogen) atoms. The first-order valence-electron chi connectivity index (χ1n) is 8.07. The van der Waals surface area contributed by atoms with Crippen molar-refractivity contribution in [1.29, 1.82) is 0 Å². The minimum Gasteiger partial charge on any atom is -0.345 e. The molecule has 1 amide bonds. The van der Waals surface area contributed by atoms with E-state index in [1.807, 2.05) is 37.3 Å². The molecule has 1 aliphatic carbocycles. The highest BCUT2D eigenvalue weighted by Crippen LogP contribution is 2.39. The van der Waals surface area contributed by atoms with Crippen LogP contribution >= 0.6 is 22.7 Å². The van der Waals surface area contributed by atoms with Crippen molar-refractivity contribution in [2.45, 2.75) is 25.3 Å². The van der Waals surface area contributed by atoms with Gasteiger partial charge in [-0.05, 0) is 49.9 Å². The van der Waals surface area contributed by atoms with Gasteiger partial charge in [-0.3, -0.25) is 4.79 Å². The molecule has 3 aromatic rings. The molecule has 1 fully saturated rings. The largest absolute Gasteiger partial charge is 0.345 e. The second kappa shape index (κ2) is 5.95. The Morgan fingerprint density at radius 3 is 2.79 bits per heavy atom. The normalized spacial score (nSPS) is 16.9. The highest BCUT2D eigenvalue weighted by molar-refractivity contribution is 7.26. The number of thiazole rings is 1. The van der Waals surface area contributed by atoms with Crippen LogP contribution in [0.4, 0.5) is 0 Å². The summed E-state index contributed by atoms with van der Waals surface area (Å²) in [7, 11) is 0. The molecule has 4 nitrogen and oxygen atoms in total. The molecule has 1 aliphatic rings. The number of aromatic nitrogens is 1. The monoisotopic (exact) mass is 357 g/mol. The van der Waals surface area contributed by atoms with Crippen LogP contribution in [0.1, 0.15) is 29.4 Å². The molecule has 1 aromatic carbocycles. The lowest BCUT2D eigenvalue weighted by Gasteiger charge is -2.29. The zero-order chi connectivity index (χ0) is 16.7. The van der Waals surface area contributed by atoms with Crippen LogP contribution in [-0.2, 0) is 0 Å². The van der Waals surface area contributed by atoms with Crippen LogP contribution in [0, 0.1) is 5.92 Å². The van der Waals surface area contributed by atoms with Gasteiger partial charge in [0.25, 0.3) is 5.91 Å². The van der Waals surface area contributed by atoms with Crippen molar-refractivity contribution in [1.82, 2.24) is 10.3 Å². The van der Waals surface area contributed by atoms with Gasteiger partial charge in [0.1, 0.15) is 5.01 Å². The number of nitrogens with two attached hydrogens (primary N) is 1. The third kappa shape index (κ3) is 2.85. The van der Waals surface area contributed by atoms with Crippen LogP contribution in [0.3, 0.4) is 0 Å². The quantitative estimate of drug-likeness (QED) is 0.728. The molecule has 4 rings (SSSR count). The number of benzene rings is 1. The van der Waals surface area contributed by atoms with Crippen molar-refractivity contribution in [3.8, 4) is 9.88 Å². The number of carbonyl (C=O) groups is 1. The molecular weight excluding hydrogens is 338 g/mol. The zero-order valence-electron chi connectivity index (χ0n) is 13.4. The van der Waals surface area contributed by atoms with Crippen molar-refractivity contribution in [2.24, 2.45) is 11.7 Å². The Bertz CT molecular complexity index is 863. The van der Waals surface area contributed by atoms with E-state index in [-0.39, 0.29) is 11.4 Å². The van der Waals surface area contributed by atoms with Crippen LogP contribution in [0.15, 0.2) is 36.4 Å². The van der Waals surface area contributed by atoms with Crippen LogP contribution in [-0.4, -0.2) is 23.0 Å². The molecule has 1 saturated carbocycles. The second-order valence-corrected chi connectivity index (χ2v) is 8.62. The summed E-state index contributed by atoms with van der Waals surface area (Å²) >= 11 is 3.14. The van der Waals surface area contributed by atoms with Gasteiger partial charge in [0.2, 0.25) is 0 Å². The molecule has 3 N–H and O–H groups in total. The third-order valence-corrected chi connectivity index (χ3v) is 6.93. The topological polar surface area (TPSA) is 68.0 Å². The predicted molar refractivity (Wildman–Crippen MR) is 101 cm³/mol. The Morgan fingerprint density at radius 1 is 1.29 bits per heavy atom. The van der Waals surface area contributed by atoms with E-state index in [1.54, 1.807) is 11.3 Å². The summed E-state index contributed by atoms with van der Waals surface area (Å²) in [5.74, 6) is 0.474. The van der Waals surface area contributed by atoms with E-state index >= 15 is 0 Å². The molecule has 2 heterocycles. The maximum absolute atomic E-state index is 12.6. The lowest BCUT2D eigenvalue weighted by Crippen LogP contribution is -2.53. The molecule has 2 aromatic heterocycles.